The Bertz CT molecular complexity index is 759. The average molecular weight is 310 g/mol. The standard InChI is InChI=1S/C16H14N4OS/c21-16(19-9-15(10-19)20-7-6-17-18-20)13-3-1-12(2-4-13)14-5-8-22-11-14/h1-8,11,15H,9-10H2. The lowest BCUT2D eigenvalue weighted by Gasteiger charge is -2.38. The molecule has 0 unspecified atom stereocenters. The Morgan fingerprint density at radius 3 is 2.59 bits per heavy atom. The van der Waals surface area contributed by atoms with Crippen LogP contribution in [0.5, 0.6) is 0 Å². The highest BCUT2D eigenvalue weighted by molar-refractivity contribution is 7.08. The average Bonchev–Trinajstić information content (AvgIpc) is 3.19. The zero-order valence-electron chi connectivity index (χ0n) is 11.8. The molecule has 3 heterocycles. The van der Waals surface area contributed by atoms with E-state index in [2.05, 4.69) is 27.1 Å². The second kappa shape index (κ2) is 5.38. The zero-order valence-corrected chi connectivity index (χ0v) is 12.6. The van der Waals surface area contributed by atoms with Crippen molar-refractivity contribution in [2.75, 3.05) is 13.1 Å². The first kappa shape index (κ1) is 13.2. The number of hydrogen-bond acceptors (Lipinski definition) is 4. The number of thiophene rings is 1. The van der Waals surface area contributed by atoms with Crippen LogP contribution in [0.25, 0.3) is 11.1 Å². The summed E-state index contributed by atoms with van der Waals surface area (Å²) in [6.45, 7) is 1.38. The molecule has 1 aliphatic heterocycles. The lowest BCUT2D eigenvalue weighted by atomic mass is 10.0. The van der Waals surface area contributed by atoms with Crippen LogP contribution in [-0.2, 0) is 0 Å². The van der Waals surface area contributed by atoms with Crippen LogP contribution in [-0.4, -0.2) is 38.9 Å². The highest BCUT2D eigenvalue weighted by atomic mass is 32.1. The summed E-state index contributed by atoms with van der Waals surface area (Å²) in [6.07, 6.45) is 3.50. The Morgan fingerprint density at radius 2 is 1.95 bits per heavy atom. The highest BCUT2D eigenvalue weighted by Gasteiger charge is 2.32. The smallest absolute Gasteiger partial charge is 0.253 e. The molecule has 0 bridgehead atoms. The van der Waals surface area contributed by atoms with E-state index in [0.717, 1.165) is 11.1 Å². The van der Waals surface area contributed by atoms with Gasteiger partial charge in [0.25, 0.3) is 5.91 Å². The minimum Gasteiger partial charge on any atom is -0.334 e. The molecule has 0 atom stereocenters. The van der Waals surface area contributed by atoms with E-state index in [4.69, 9.17) is 0 Å². The summed E-state index contributed by atoms with van der Waals surface area (Å²) in [5.41, 5.74) is 3.07. The summed E-state index contributed by atoms with van der Waals surface area (Å²) in [4.78, 5) is 14.3. The summed E-state index contributed by atoms with van der Waals surface area (Å²) in [5, 5.41) is 11.9. The molecule has 1 saturated heterocycles. The van der Waals surface area contributed by atoms with Gasteiger partial charge < -0.3 is 4.90 Å². The molecule has 1 fully saturated rings. The molecule has 0 radical (unpaired) electrons. The third-order valence-corrected chi connectivity index (χ3v) is 4.63. The van der Waals surface area contributed by atoms with Gasteiger partial charge in [-0.25, -0.2) is 4.68 Å². The third kappa shape index (κ3) is 2.31. The van der Waals surface area contributed by atoms with Crippen molar-refractivity contribution < 1.29 is 4.79 Å². The molecular formula is C16H14N4OS. The maximum Gasteiger partial charge on any atom is 0.253 e. The summed E-state index contributed by atoms with van der Waals surface area (Å²) in [5.74, 6) is 0.0771. The van der Waals surface area contributed by atoms with Crippen LogP contribution in [0.1, 0.15) is 16.4 Å². The molecule has 2 aromatic heterocycles. The summed E-state index contributed by atoms with van der Waals surface area (Å²) < 4.78 is 1.81. The van der Waals surface area contributed by atoms with Gasteiger partial charge >= 0.3 is 0 Å². The number of carbonyl (C=O) groups is 1. The van der Waals surface area contributed by atoms with E-state index in [1.807, 2.05) is 40.0 Å². The Balaban J connectivity index is 1.43. The van der Waals surface area contributed by atoms with Crippen molar-refractivity contribution in [3.8, 4) is 11.1 Å². The van der Waals surface area contributed by atoms with Crippen molar-refractivity contribution in [1.29, 1.82) is 0 Å². The summed E-state index contributed by atoms with van der Waals surface area (Å²) >= 11 is 1.67. The highest BCUT2D eigenvalue weighted by Crippen LogP contribution is 2.25. The van der Waals surface area contributed by atoms with Gasteiger partial charge in [0, 0.05) is 24.8 Å². The van der Waals surface area contributed by atoms with E-state index in [0.29, 0.717) is 13.1 Å². The minimum absolute atomic E-state index is 0.0771. The molecule has 22 heavy (non-hydrogen) atoms. The fourth-order valence-corrected chi connectivity index (χ4v) is 3.28. The van der Waals surface area contributed by atoms with Gasteiger partial charge in [-0.05, 0) is 40.1 Å². The Hall–Kier alpha value is -2.47. The van der Waals surface area contributed by atoms with Crippen LogP contribution < -0.4 is 0 Å². The van der Waals surface area contributed by atoms with E-state index in [-0.39, 0.29) is 11.9 Å². The number of carbonyl (C=O) groups excluding carboxylic acids is 1. The van der Waals surface area contributed by atoms with Gasteiger partial charge in [0.2, 0.25) is 0 Å². The summed E-state index contributed by atoms with van der Waals surface area (Å²) in [7, 11) is 0. The number of nitrogens with zero attached hydrogens (tertiary/aromatic N) is 4. The molecule has 0 spiro atoms. The number of aromatic nitrogens is 3. The van der Waals surface area contributed by atoms with Crippen LogP contribution in [0.15, 0.2) is 53.5 Å². The molecule has 1 amide bonds. The van der Waals surface area contributed by atoms with E-state index in [1.165, 1.54) is 5.56 Å². The first-order valence-corrected chi connectivity index (χ1v) is 8.03. The quantitative estimate of drug-likeness (QED) is 0.747. The maximum absolute atomic E-state index is 12.4. The van der Waals surface area contributed by atoms with Crippen LogP contribution in [0.4, 0.5) is 0 Å². The van der Waals surface area contributed by atoms with Crippen molar-refractivity contribution in [3.05, 3.63) is 59.0 Å². The molecule has 4 rings (SSSR count). The molecule has 110 valence electrons. The van der Waals surface area contributed by atoms with Gasteiger partial charge in [-0.2, -0.15) is 11.3 Å². The lowest BCUT2D eigenvalue weighted by Crippen LogP contribution is -2.50. The van der Waals surface area contributed by atoms with Crippen LogP contribution >= 0.6 is 11.3 Å². The predicted octanol–water partition coefficient (Wildman–Crippen LogP) is 2.70. The van der Waals surface area contributed by atoms with Gasteiger partial charge in [0.15, 0.2) is 0 Å². The number of likely N-dealkylation sites (tertiary alicyclic amines) is 1. The molecular weight excluding hydrogens is 296 g/mol. The van der Waals surface area contributed by atoms with Crippen LogP contribution in [0.2, 0.25) is 0 Å². The largest absolute Gasteiger partial charge is 0.334 e. The maximum atomic E-state index is 12.4. The summed E-state index contributed by atoms with van der Waals surface area (Å²) in [6, 6.07) is 10.1. The second-order valence-corrected chi connectivity index (χ2v) is 6.12. The van der Waals surface area contributed by atoms with E-state index in [1.54, 1.807) is 17.5 Å². The molecule has 1 aliphatic rings. The number of hydrogen-bond donors (Lipinski definition) is 0. The van der Waals surface area contributed by atoms with Gasteiger partial charge in [-0.15, -0.1) is 5.10 Å². The van der Waals surface area contributed by atoms with Crippen LogP contribution in [0.3, 0.4) is 0 Å². The van der Waals surface area contributed by atoms with Gasteiger partial charge in [-0.3, -0.25) is 4.79 Å². The molecule has 0 saturated carbocycles. The van der Waals surface area contributed by atoms with Crippen molar-refractivity contribution >= 4 is 17.2 Å². The minimum atomic E-state index is 0.0771. The van der Waals surface area contributed by atoms with E-state index in [9.17, 15) is 4.79 Å². The van der Waals surface area contributed by atoms with Crippen molar-refractivity contribution in [2.24, 2.45) is 0 Å². The lowest BCUT2D eigenvalue weighted by molar-refractivity contribution is 0.0498. The van der Waals surface area contributed by atoms with Gasteiger partial charge in [0.1, 0.15) is 0 Å². The first-order chi connectivity index (χ1) is 10.8. The number of amides is 1. The molecule has 6 heteroatoms. The number of rotatable bonds is 3. The molecule has 1 aromatic carbocycles. The third-order valence-electron chi connectivity index (χ3n) is 3.95. The SMILES string of the molecule is O=C(c1ccc(-c2ccsc2)cc1)N1CC(n2ccnn2)C1. The monoisotopic (exact) mass is 310 g/mol. The number of benzene rings is 1. The van der Waals surface area contributed by atoms with E-state index < -0.39 is 0 Å². The topological polar surface area (TPSA) is 51.0 Å². The van der Waals surface area contributed by atoms with Gasteiger partial charge in [0.05, 0.1) is 12.2 Å². The fourth-order valence-electron chi connectivity index (χ4n) is 2.62. The fraction of sp³-hybridized carbons (Fsp3) is 0.188. The Labute approximate surface area is 131 Å². The first-order valence-electron chi connectivity index (χ1n) is 7.09. The van der Waals surface area contributed by atoms with Gasteiger partial charge in [-0.1, -0.05) is 17.3 Å². The van der Waals surface area contributed by atoms with Crippen LogP contribution in [0, 0.1) is 0 Å². The van der Waals surface area contributed by atoms with Crippen molar-refractivity contribution in [3.63, 3.8) is 0 Å². The molecule has 3 aromatic rings. The molecule has 5 nitrogen and oxygen atoms in total. The molecule has 0 aliphatic carbocycles. The second-order valence-electron chi connectivity index (χ2n) is 5.34. The Morgan fingerprint density at radius 1 is 1.14 bits per heavy atom. The Kier molecular flexibility index (Phi) is 3.23. The zero-order chi connectivity index (χ0) is 14.9. The predicted molar refractivity (Wildman–Crippen MR) is 84.7 cm³/mol. The molecule has 0 N–H and O–H groups in total. The van der Waals surface area contributed by atoms with Crippen molar-refractivity contribution in [1.82, 2.24) is 19.9 Å². The van der Waals surface area contributed by atoms with E-state index >= 15 is 0 Å². The normalized spacial score (nSPS) is 14.8. The van der Waals surface area contributed by atoms with Crippen molar-refractivity contribution in [2.45, 2.75) is 6.04 Å².